The Morgan fingerprint density at radius 2 is 2.07 bits per heavy atom. The number of anilines is 1. The number of benzene rings is 1. The SMILES string of the molecule is C=C/C(=C\c1c(NC)cc(C2=C(C)CN=C2C)cc1C1CCCC1)NCCC#N. The Balaban J connectivity index is 2.11. The molecule has 1 aromatic rings. The van der Waals surface area contributed by atoms with Crippen LogP contribution in [0.3, 0.4) is 0 Å². The molecule has 152 valence electrons. The maximum Gasteiger partial charge on any atom is 0.0640 e. The van der Waals surface area contributed by atoms with Gasteiger partial charge in [-0.15, -0.1) is 0 Å². The van der Waals surface area contributed by atoms with Crippen molar-refractivity contribution in [3.8, 4) is 6.07 Å². The molecule has 4 nitrogen and oxygen atoms in total. The summed E-state index contributed by atoms with van der Waals surface area (Å²) < 4.78 is 0. The largest absolute Gasteiger partial charge is 0.388 e. The van der Waals surface area contributed by atoms with Gasteiger partial charge in [-0.2, -0.15) is 5.26 Å². The van der Waals surface area contributed by atoms with Crippen LogP contribution in [0.4, 0.5) is 5.69 Å². The van der Waals surface area contributed by atoms with Crippen molar-refractivity contribution in [2.24, 2.45) is 4.99 Å². The van der Waals surface area contributed by atoms with Gasteiger partial charge in [-0.3, -0.25) is 4.99 Å². The fourth-order valence-corrected chi connectivity index (χ4v) is 4.52. The summed E-state index contributed by atoms with van der Waals surface area (Å²) in [7, 11) is 1.99. The quantitative estimate of drug-likeness (QED) is 0.446. The first-order valence-electron chi connectivity index (χ1n) is 10.6. The highest BCUT2D eigenvalue weighted by molar-refractivity contribution is 6.25. The maximum absolute atomic E-state index is 8.83. The lowest BCUT2D eigenvalue weighted by molar-refractivity contribution is 0.721. The molecule has 2 N–H and O–H groups in total. The zero-order valence-corrected chi connectivity index (χ0v) is 17.9. The van der Waals surface area contributed by atoms with Gasteiger partial charge in [-0.05, 0) is 67.5 Å². The van der Waals surface area contributed by atoms with Crippen molar-refractivity contribution in [3.63, 3.8) is 0 Å². The summed E-state index contributed by atoms with van der Waals surface area (Å²) in [5, 5.41) is 15.6. The second-order valence-electron chi connectivity index (χ2n) is 7.95. The molecule has 0 saturated heterocycles. The Morgan fingerprint density at radius 3 is 2.66 bits per heavy atom. The summed E-state index contributed by atoms with van der Waals surface area (Å²) >= 11 is 0. The van der Waals surface area contributed by atoms with Crippen molar-refractivity contribution in [2.75, 3.05) is 25.5 Å². The van der Waals surface area contributed by atoms with Gasteiger partial charge < -0.3 is 10.6 Å². The molecule has 0 atom stereocenters. The van der Waals surface area contributed by atoms with Gasteiger partial charge in [0.1, 0.15) is 0 Å². The number of hydrogen-bond acceptors (Lipinski definition) is 4. The van der Waals surface area contributed by atoms with Crippen LogP contribution < -0.4 is 10.6 Å². The van der Waals surface area contributed by atoms with Crippen LogP contribution >= 0.6 is 0 Å². The molecule has 4 heteroatoms. The van der Waals surface area contributed by atoms with E-state index < -0.39 is 0 Å². The van der Waals surface area contributed by atoms with Crippen molar-refractivity contribution in [1.29, 1.82) is 5.26 Å². The lowest BCUT2D eigenvalue weighted by atomic mass is 9.86. The number of nitriles is 1. The van der Waals surface area contributed by atoms with Crippen LogP contribution in [0.25, 0.3) is 11.6 Å². The minimum Gasteiger partial charge on any atom is -0.388 e. The summed E-state index contributed by atoms with van der Waals surface area (Å²) in [4.78, 5) is 4.64. The van der Waals surface area contributed by atoms with Crippen LogP contribution in [-0.4, -0.2) is 25.8 Å². The van der Waals surface area contributed by atoms with E-state index in [-0.39, 0.29) is 0 Å². The first-order valence-corrected chi connectivity index (χ1v) is 10.6. The third-order valence-corrected chi connectivity index (χ3v) is 5.99. The summed E-state index contributed by atoms with van der Waals surface area (Å²) in [5.41, 5.74) is 9.77. The zero-order valence-electron chi connectivity index (χ0n) is 17.9. The molecule has 0 aromatic heterocycles. The summed E-state index contributed by atoms with van der Waals surface area (Å²) in [6.07, 6.45) is 9.57. The van der Waals surface area contributed by atoms with Crippen LogP contribution in [0.1, 0.15) is 68.6 Å². The summed E-state index contributed by atoms with van der Waals surface area (Å²) in [6, 6.07) is 6.83. The Bertz CT molecular complexity index is 905. The van der Waals surface area contributed by atoms with Gasteiger partial charge >= 0.3 is 0 Å². The molecule has 1 heterocycles. The molecule has 0 unspecified atom stereocenters. The third kappa shape index (κ3) is 4.62. The van der Waals surface area contributed by atoms with Crippen molar-refractivity contribution in [1.82, 2.24) is 5.32 Å². The molecule has 0 radical (unpaired) electrons. The highest BCUT2D eigenvalue weighted by atomic mass is 14.9. The topological polar surface area (TPSA) is 60.2 Å². The van der Waals surface area contributed by atoms with Gasteiger partial charge in [0.25, 0.3) is 0 Å². The van der Waals surface area contributed by atoms with Crippen molar-refractivity contribution >= 4 is 23.0 Å². The number of nitrogens with one attached hydrogen (secondary N) is 2. The molecule has 1 aliphatic heterocycles. The average Bonchev–Trinajstić information content (AvgIpc) is 3.37. The fraction of sp³-hybridized carbons (Fsp3) is 0.440. The average molecular weight is 389 g/mol. The van der Waals surface area contributed by atoms with E-state index in [1.807, 2.05) is 13.1 Å². The van der Waals surface area contributed by atoms with Gasteiger partial charge in [0.05, 0.1) is 19.0 Å². The molecule has 0 bridgehead atoms. The van der Waals surface area contributed by atoms with E-state index in [1.54, 1.807) is 0 Å². The van der Waals surface area contributed by atoms with E-state index in [4.69, 9.17) is 5.26 Å². The molecular formula is C25H32N4. The number of aliphatic imine (C=N–C) groups is 1. The number of nitrogens with zero attached hydrogens (tertiary/aromatic N) is 2. The van der Waals surface area contributed by atoms with E-state index >= 15 is 0 Å². The molecule has 0 spiro atoms. The Labute approximate surface area is 175 Å². The monoisotopic (exact) mass is 388 g/mol. The van der Waals surface area contributed by atoms with Crippen LogP contribution in [0.2, 0.25) is 0 Å². The second kappa shape index (κ2) is 9.60. The van der Waals surface area contributed by atoms with Crippen molar-refractivity contribution in [3.05, 3.63) is 52.7 Å². The lowest BCUT2D eigenvalue weighted by Gasteiger charge is -2.21. The molecule has 29 heavy (non-hydrogen) atoms. The lowest BCUT2D eigenvalue weighted by Crippen LogP contribution is -2.13. The van der Waals surface area contributed by atoms with Gasteiger partial charge in [0.2, 0.25) is 0 Å². The molecule has 1 aliphatic carbocycles. The standard InChI is InChI=1S/C25H32N4/c1-5-21(28-12-8-11-26)15-23-22(19-9-6-7-10-19)13-20(14-24(23)27-4)25-17(2)16-29-18(25)3/h5,13-15,19,27-28H,1,6-10,12,16H2,2-4H3/b21-15+. The first-order chi connectivity index (χ1) is 14.1. The third-order valence-electron chi connectivity index (χ3n) is 5.99. The molecule has 2 aliphatic rings. The van der Waals surface area contributed by atoms with Crippen molar-refractivity contribution < 1.29 is 0 Å². The number of rotatable bonds is 8. The summed E-state index contributed by atoms with van der Waals surface area (Å²) in [6.45, 7) is 9.69. The predicted molar refractivity (Wildman–Crippen MR) is 124 cm³/mol. The maximum atomic E-state index is 8.83. The minimum atomic E-state index is 0.477. The molecule has 3 rings (SSSR count). The highest BCUT2D eigenvalue weighted by Gasteiger charge is 2.24. The second-order valence-corrected chi connectivity index (χ2v) is 7.95. The fourth-order valence-electron chi connectivity index (χ4n) is 4.52. The van der Waals surface area contributed by atoms with Crippen molar-refractivity contribution in [2.45, 2.75) is 51.9 Å². The Kier molecular flexibility index (Phi) is 6.93. The van der Waals surface area contributed by atoms with E-state index in [0.717, 1.165) is 23.6 Å². The van der Waals surface area contributed by atoms with Gasteiger partial charge in [0, 0.05) is 41.8 Å². The van der Waals surface area contributed by atoms with E-state index in [1.165, 1.54) is 53.5 Å². The molecule has 0 amide bonds. The minimum absolute atomic E-state index is 0.477. The van der Waals surface area contributed by atoms with Crippen LogP contribution in [0.15, 0.2) is 41.1 Å². The number of hydrogen-bond donors (Lipinski definition) is 2. The van der Waals surface area contributed by atoms with Crippen LogP contribution in [0, 0.1) is 11.3 Å². The van der Waals surface area contributed by atoms with Gasteiger partial charge in [-0.25, -0.2) is 0 Å². The van der Waals surface area contributed by atoms with Crippen LogP contribution in [-0.2, 0) is 0 Å². The number of allylic oxidation sites excluding steroid dienone is 2. The first kappa shape index (κ1) is 20.9. The normalized spacial score (nSPS) is 17.3. The van der Waals surface area contributed by atoms with E-state index in [9.17, 15) is 0 Å². The Hall–Kier alpha value is -2.80. The smallest absolute Gasteiger partial charge is 0.0640 e. The molecule has 1 aromatic carbocycles. The zero-order chi connectivity index (χ0) is 20.8. The summed E-state index contributed by atoms with van der Waals surface area (Å²) in [5.74, 6) is 0.582. The van der Waals surface area contributed by atoms with E-state index in [0.29, 0.717) is 18.9 Å². The van der Waals surface area contributed by atoms with Gasteiger partial charge in [0.15, 0.2) is 0 Å². The predicted octanol–water partition coefficient (Wildman–Crippen LogP) is 5.66. The highest BCUT2D eigenvalue weighted by Crippen LogP contribution is 2.41. The van der Waals surface area contributed by atoms with Crippen LogP contribution in [0.5, 0.6) is 0 Å². The van der Waals surface area contributed by atoms with E-state index in [2.05, 4.69) is 60.3 Å². The molecule has 1 saturated carbocycles. The molecule has 1 fully saturated rings. The molecular weight excluding hydrogens is 356 g/mol. The van der Waals surface area contributed by atoms with Gasteiger partial charge in [-0.1, -0.05) is 25.5 Å². The Morgan fingerprint density at radius 1 is 1.31 bits per heavy atom.